The van der Waals surface area contributed by atoms with Crippen LogP contribution < -0.4 is 26.0 Å². The molecule has 0 fully saturated rings. The fourth-order valence-electron chi connectivity index (χ4n) is 3.97. The summed E-state index contributed by atoms with van der Waals surface area (Å²) >= 11 is 12.6. The molecule has 1 unspecified atom stereocenters. The zero-order valence-electron chi connectivity index (χ0n) is 19.2. The predicted octanol–water partition coefficient (Wildman–Crippen LogP) is 4.18. The third-order valence-electron chi connectivity index (χ3n) is 5.61. The van der Waals surface area contributed by atoms with E-state index in [0.717, 1.165) is 0 Å². The molecule has 8 nitrogen and oxygen atoms in total. The third kappa shape index (κ3) is 5.79. The van der Waals surface area contributed by atoms with Crippen molar-refractivity contribution in [1.82, 2.24) is 5.32 Å². The smallest absolute Gasteiger partial charge is 0.265 e. The van der Waals surface area contributed by atoms with Gasteiger partial charge in [-0.2, -0.15) is 0 Å². The molecule has 3 amide bonds. The van der Waals surface area contributed by atoms with Gasteiger partial charge in [-0.15, -0.1) is 0 Å². The fourth-order valence-corrected chi connectivity index (χ4v) is 4.51. The minimum absolute atomic E-state index is 0.0676. The van der Waals surface area contributed by atoms with Crippen molar-refractivity contribution in [3.8, 4) is 5.75 Å². The standard InChI is InChI=1S/C26H24Cl2N4O4/c27-17-7-8-19(20(28)13-17)23-14-24(33)31-21-12-16(26(35)30-11-10-29)6-9-22(21)32(23)25(34)15-36-18-4-2-1-3-5-18/h1-9,12-13,23H,10-11,14-15,29H2,(H,30,35)(H,31,33). The van der Waals surface area contributed by atoms with Crippen molar-refractivity contribution >= 4 is 52.3 Å². The molecular formula is C26H24Cl2N4O4. The highest BCUT2D eigenvalue weighted by Crippen LogP contribution is 2.41. The van der Waals surface area contributed by atoms with Crippen LogP contribution >= 0.6 is 23.2 Å². The van der Waals surface area contributed by atoms with Crippen LogP contribution in [-0.2, 0) is 9.59 Å². The number of fused-ring (bicyclic) bond motifs is 1. The van der Waals surface area contributed by atoms with Gasteiger partial charge in [-0.1, -0.05) is 47.5 Å². The molecule has 3 aromatic carbocycles. The van der Waals surface area contributed by atoms with Gasteiger partial charge in [-0.05, 0) is 48.0 Å². The number of ether oxygens (including phenoxy) is 1. The average Bonchev–Trinajstić information content (AvgIpc) is 3.01. The molecule has 0 saturated carbocycles. The van der Waals surface area contributed by atoms with Crippen LogP contribution in [0.3, 0.4) is 0 Å². The summed E-state index contributed by atoms with van der Waals surface area (Å²) < 4.78 is 5.72. The number of hydrogen-bond donors (Lipinski definition) is 3. The Balaban J connectivity index is 1.75. The summed E-state index contributed by atoms with van der Waals surface area (Å²) in [6.45, 7) is 0.319. The van der Waals surface area contributed by atoms with Gasteiger partial charge in [0, 0.05) is 28.7 Å². The van der Waals surface area contributed by atoms with Gasteiger partial charge < -0.3 is 21.1 Å². The van der Waals surface area contributed by atoms with Crippen LogP contribution in [0.5, 0.6) is 5.75 Å². The van der Waals surface area contributed by atoms with Crippen LogP contribution in [0.1, 0.15) is 28.4 Å². The molecule has 4 rings (SSSR count). The zero-order chi connectivity index (χ0) is 25.7. The number of anilines is 2. The topological polar surface area (TPSA) is 114 Å². The van der Waals surface area contributed by atoms with Gasteiger partial charge in [0.1, 0.15) is 5.75 Å². The van der Waals surface area contributed by atoms with Crippen LogP contribution in [0.2, 0.25) is 10.0 Å². The Labute approximate surface area is 218 Å². The summed E-state index contributed by atoms with van der Waals surface area (Å²) in [6.07, 6.45) is -0.0676. The van der Waals surface area contributed by atoms with E-state index in [4.69, 9.17) is 33.7 Å². The maximum atomic E-state index is 13.6. The van der Waals surface area contributed by atoms with Gasteiger partial charge in [0.05, 0.1) is 23.8 Å². The molecule has 4 N–H and O–H groups in total. The largest absolute Gasteiger partial charge is 0.484 e. The van der Waals surface area contributed by atoms with Crippen molar-refractivity contribution in [3.63, 3.8) is 0 Å². The van der Waals surface area contributed by atoms with Gasteiger partial charge in [0.2, 0.25) is 5.91 Å². The van der Waals surface area contributed by atoms with E-state index in [1.807, 2.05) is 6.07 Å². The third-order valence-corrected chi connectivity index (χ3v) is 6.17. The lowest BCUT2D eigenvalue weighted by molar-refractivity contribution is -0.121. The summed E-state index contributed by atoms with van der Waals surface area (Å²) in [4.78, 5) is 40.5. The minimum Gasteiger partial charge on any atom is -0.484 e. The summed E-state index contributed by atoms with van der Waals surface area (Å²) in [5, 5.41) is 6.26. The first-order valence-electron chi connectivity index (χ1n) is 11.2. The molecule has 0 bridgehead atoms. The van der Waals surface area contributed by atoms with Gasteiger partial charge in [-0.3, -0.25) is 19.3 Å². The van der Waals surface area contributed by atoms with E-state index in [9.17, 15) is 14.4 Å². The first-order chi connectivity index (χ1) is 17.4. The fraction of sp³-hybridized carbons (Fsp3) is 0.192. The van der Waals surface area contributed by atoms with Crippen molar-refractivity contribution in [2.75, 3.05) is 29.9 Å². The molecule has 0 aromatic heterocycles. The number of carbonyl (C=O) groups is 3. The lowest BCUT2D eigenvalue weighted by Crippen LogP contribution is -2.38. The summed E-state index contributed by atoms with van der Waals surface area (Å²) in [5.74, 6) is -0.550. The summed E-state index contributed by atoms with van der Waals surface area (Å²) in [7, 11) is 0. The Morgan fingerprint density at radius 1 is 1.08 bits per heavy atom. The normalized spacial score (nSPS) is 14.9. The number of benzene rings is 3. The maximum absolute atomic E-state index is 13.6. The van der Waals surface area contributed by atoms with E-state index in [2.05, 4.69) is 10.6 Å². The van der Waals surface area contributed by atoms with E-state index < -0.39 is 11.9 Å². The van der Waals surface area contributed by atoms with E-state index in [0.29, 0.717) is 51.4 Å². The van der Waals surface area contributed by atoms with Crippen molar-refractivity contribution in [3.05, 3.63) is 87.9 Å². The number of para-hydroxylation sites is 1. The summed E-state index contributed by atoms with van der Waals surface area (Å²) in [5.41, 5.74) is 7.08. The number of nitrogens with two attached hydrogens (primary N) is 1. The van der Waals surface area contributed by atoms with E-state index in [-0.39, 0.29) is 24.8 Å². The second kappa shape index (κ2) is 11.4. The Kier molecular flexibility index (Phi) is 8.10. The van der Waals surface area contributed by atoms with Crippen LogP contribution in [0.15, 0.2) is 66.7 Å². The highest BCUT2D eigenvalue weighted by molar-refractivity contribution is 6.35. The molecular weight excluding hydrogens is 503 g/mol. The lowest BCUT2D eigenvalue weighted by atomic mass is 10.0. The highest BCUT2D eigenvalue weighted by Gasteiger charge is 2.35. The molecule has 0 spiro atoms. The van der Waals surface area contributed by atoms with Gasteiger partial charge in [-0.25, -0.2) is 0 Å². The molecule has 0 saturated heterocycles. The first-order valence-corrected chi connectivity index (χ1v) is 12.0. The van der Waals surface area contributed by atoms with Gasteiger partial charge >= 0.3 is 0 Å². The first kappa shape index (κ1) is 25.5. The number of halogens is 2. The van der Waals surface area contributed by atoms with Gasteiger partial charge in [0.25, 0.3) is 11.8 Å². The van der Waals surface area contributed by atoms with Crippen molar-refractivity contribution in [1.29, 1.82) is 0 Å². The minimum atomic E-state index is -0.736. The van der Waals surface area contributed by atoms with Crippen LogP contribution in [-0.4, -0.2) is 37.4 Å². The number of rotatable bonds is 7. The lowest BCUT2D eigenvalue weighted by Gasteiger charge is -2.31. The average molecular weight is 527 g/mol. The Hall–Kier alpha value is -3.59. The Morgan fingerprint density at radius 2 is 1.86 bits per heavy atom. The maximum Gasteiger partial charge on any atom is 0.265 e. The monoisotopic (exact) mass is 526 g/mol. The number of nitrogens with one attached hydrogen (secondary N) is 2. The van der Waals surface area contributed by atoms with Crippen LogP contribution in [0, 0.1) is 0 Å². The van der Waals surface area contributed by atoms with E-state index in [1.54, 1.807) is 54.6 Å². The van der Waals surface area contributed by atoms with Gasteiger partial charge in [0.15, 0.2) is 6.61 Å². The quantitative estimate of drug-likeness (QED) is 0.427. The van der Waals surface area contributed by atoms with Crippen LogP contribution in [0.4, 0.5) is 11.4 Å². The predicted molar refractivity (Wildman–Crippen MR) is 140 cm³/mol. The van der Waals surface area contributed by atoms with E-state index in [1.165, 1.54) is 11.0 Å². The highest BCUT2D eigenvalue weighted by atomic mass is 35.5. The zero-order valence-corrected chi connectivity index (χ0v) is 20.7. The molecule has 36 heavy (non-hydrogen) atoms. The molecule has 10 heteroatoms. The number of hydrogen-bond acceptors (Lipinski definition) is 5. The molecule has 1 aliphatic heterocycles. The Morgan fingerprint density at radius 3 is 2.58 bits per heavy atom. The summed E-state index contributed by atoms with van der Waals surface area (Å²) in [6, 6.07) is 17.9. The Bertz CT molecular complexity index is 1290. The molecule has 3 aromatic rings. The second-order valence-electron chi connectivity index (χ2n) is 8.08. The van der Waals surface area contributed by atoms with E-state index >= 15 is 0 Å². The second-order valence-corrected chi connectivity index (χ2v) is 8.92. The number of amides is 3. The molecule has 186 valence electrons. The molecule has 1 atom stereocenters. The molecule has 1 aliphatic rings. The molecule has 0 aliphatic carbocycles. The number of carbonyl (C=O) groups excluding carboxylic acids is 3. The number of nitrogens with zero attached hydrogens (tertiary/aromatic N) is 1. The molecule has 1 heterocycles. The van der Waals surface area contributed by atoms with Crippen LogP contribution in [0.25, 0.3) is 0 Å². The SMILES string of the molecule is NCCNC(=O)c1ccc2c(c1)NC(=O)CC(c1ccc(Cl)cc1Cl)N2C(=O)COc1ccccc1. The van der Waals surface area contributed by atoms with Crippen molar-refractivity contribution < 1.29 is 19.1 Å². The van der Waals surface area contributed by atoms with Crippen molar-refractivity contribution in [2.24, 2.45) is 5.73 Å². The van der Waals surface area contributed by atoms with Crippen molar-refractivity contribution in [2.45, 2.75) is 12.5 Å². The molecule has 0 radical (unpaired) electrons.